The zero-order valence-corrected chi connectivity index (χ0v) is 6.16. The number of carbonyl (C=O) groups is 1. The lowest BCUT2D eigenvalue weighted by molar-refractivity contribution is -0.120. The molecule has 0 spiro atoms. The molecule has 11 heavy (non-hydrogen) atoms. The maximum absolute atomic E-state index is 11.3. The minimum atomic E-state index is 0.181. The number of ketones is 1. The summed E-state index contributed by atoms with van der Waals surface area (Å²) < 4.78 is 0. The van der Waals surface area contributed by atoms with Gasteiger partial charge in [0.05, 0.1) is 6.04 Å². The second-order valence-corrected chi connectivity index (χ2v) is 3.55. The van der Waals surface area contributed by atoms with Gasteiger partial charge in [-0.2, -0.15) is 0 Å². The molecule has 0 amide bonds. The molecular weight excluding hydrogens is 140 g/mol. The van der Waals surface area contributed by atoms with Gasteiger partial charge < -0.3 is 5.43 Å². The molecule has 4 atom stereocenters. The molecule has 1 N–H and O–H groups in total. The highest BCUT2D eigenvalue weighted by Crippen LogP contribution is 2.40. The van der Waals surface area contributed by atoms with E-state index in [1.165, 1.54) is 0 Å². The van der Waals surface area contributed by atoms with Gasteiger partial charge in [0.2, 0.25) is 0 Å². The Morgan fingerprint density at radius 1 is 1.64 bits per heavy atom. The number of hydrogen-bond acceptors (Lipinski definition) is 3. The van der Waals surface area contributed by atoms with Crippen LogP contribution in [0, 0.1) is 5.92 Å². The van der Waals surface area contributed by atoms with E-state index in [4.69, 9.17) is 0 Å². The van der Waals surface area contributed by atoms with Crippen LogP contribution in [0.15, 0.2) is 12.3 Å². The third kappa shape index (κ3) is 0.554. The molecule has 58 valence electrons. The van der Waals surface area contributed by atoms with E-state index in [-0.39, 0.29) is 6.04 Å². The van der Waals surface area contributed by atoms with E-state index in [1.807, 2.05) is 6.20 Å². The first kappa shape index (κ1) is 5.77. The number of hydrazine groups is 1. The fourth-order valence-corrected chi connectivity index (χ4v) is 2.49. The van der Waals surface area contributed by atoms with Crippen molar-refractivity contribution in [3.8, 4) is 0 Å². The molecule has 0 saturated carbocycles. The molecule has 2 saturated heterocycles. The minimum Gasteiger partial charge on any atom is -0.325 e. The van der Waals surface area contributed by atoms with Gasteiger partial charge in [-0.05, 0) is 12.3 Å². The molecule has 3 nitrogen and oxygen atoms in total. The van der Waals surface area contributed by atoms with Crippen molar-refractivity contribution in [1.29, 1.82) is 0 Å². The summed E-state index contributed by atoms with van der Waals surface area (Å²) in [5.74, 6) is 1.06. The maximum Gasteiger partial charge on any atom is 0.153 e. The number of nitrogens with zero attached hydrogens (tertiary/aromatic N) is 1. The van der Waals surface area contributed by atoms with E-state index in [0.717, 1.165) is 12.8 Å². The van der Waals surface area contributed by atoms with Gasteiger partial charge in [0.25, 0.3) is 0 Å². The molecule has 0 aromatic heterocycles. The first-order chi connectivity index (χ1) is 5.36. The molecule has 3 rings (SSSR count). The number of carbonyl (C=O) groups excluding carboxylic acids is 1. The average molecular weight is 150 g/mol. The van der Waals surface area contributed by atoms with Crippen molar-refractivity contribution in [3.05, 3.63) is 12.3 Å². The standard InChI is InChI=1S/C8H10N2O/c11-8-4-6-5-1-2-9-10(6)7(8)3-5/h1-2,5-7,9H,3-4H2. The Balaban J connectivity index is 2.04. The van der Waals surface area contributed by atoms with E-state index < -0.39 is 0 Å². The number of rotatable bonds is 0. The molecule has 3 heterocycles. The molecule has 0 radical (unpaired) electrons. The van der Waals surface area contributed by atoms with Gasteiger partial charge in [0.1, 0.15) is 0 Å². The van der Waals surface area contributed by atoms with Crippen molar-refractivity contribution in [3.63, 3.8) is 0 Å². The number of hydrogen-bond donors (Lipinski definition) is 1. The van der Waals surface area contributed by atoms with Gasteiger partial charge >= 0.3 is 0 Å². The summed E-state index contributed by atoms with van der Waals surface area (Å²) in [7, 11) is 0. The summed E-state index contributed by atoms with van der Waals surface area (Å²) in [6.45, 7) is 0. The zero-order valence-electron chi connectivity index (χ0n) is 6.16. The zero-order chi connectivity index (χ0) is 7.42. The van der Waals surface area contributed by atoms with Crippen LogP contribution >= 0.6 is 0 Å². The molecule has 4 bridgehead atoms. The number of nitrogens with one attached hydrogen (secondary N) is 1. The summed E-state index contributed by atoms with van der Waals surface area (Å²) in [6.07, 6.45) is 5.94. The fourth-order valence-electron chi connectivity index (χ4n) is 2.49. The molecule has 4 unspecified atom stereocenters. The van der Waals surface area contributed by atoms with E-state index in [9.17, 15) is 4.79 Å². The Hall–Kier alpha value is -0.830. The molecule has 0 aromatic carbocycles. The van der Waals surface area contributed by atoms with Gasteiger partial charge in [0, 0.05) is 18.7 Å². The van der Waals surface area contributed by atoms with Gasteiger partial charge in [-0.15, -0.1) is 0 Å². The van der Waals surface area contributed by atoms with Gasteiger partial charge in [-0.3, -0.25) is 4.79 Å². The Morgan fingerprint density at radius 2 is 2.55 bits per heavy atom. The molecule has 0 aromatic rings. The van der Waals surface area contributed by atoms with Gasteiger partial charge in [-0.1, -0.05) is 6.08 Å². The largest absolute Gasteiger partial charge is 0.325 e. The third-order valence-corrected chi connectivity index (χ3v) is 3.03. The van der Waals surface area contributed by atoms with Gasteiger partial charge in [-0.25, -0.2) is 5.01 Å². The van der Waals surface area contributed by atoms with Crippen molar-refractivity contribution >= 4 is 5.78 Å². The Kier molecular flexibility index (Phi) is 0.874. The average Bonchev–Trinajstić information content (AvgIpc) is 2.43. The summed E-state index contributed by atoms with van der Waals surface area (Å²) in [5, 5.41) is 2.12. The van der Waals surface area contributed by atoms with Crippen molar-refractivity contribution < 1.29 is 4.79 Å². The molecule has 3 aliphatic rings. The SMILES string of the molecule is O=C1CC2C3C=CNN2C1C3. The lowest BCUT2D eigenvalue weighted by Crippen LogP contribution is -2.41. The van der Waals surface area contributed by atoms with Crippen LogP contribution in [0.3, 0.4) is 0 Å². The number of Topliss-reactive ketones (excluding diaryl/α,β-unsaturated/α-hetero) is 1. The summed E-state index contributed by atoms with van der Waals surface area (Å²) >= 11 is 0. The Bertz CT molecular complexity index is 248. The maximum atomic E-state index is 11.3. The summed E-state index contributed by atoms with van der Waals surface area (Å²) in [4.78, 5) is 11.3. The van der Waals surface area contributed by atoms with E-state index >= 15 is 0 Å². The predicted octanol–water partition coefficient (Wildman–Crippen LogP) is 0.0502. The summed E-state index contributed by atoms with van der Waals surface area (Å²) in [5.41, 5.74) is 3.13. The molecular formula is C8H10N2O. The van der Waals surface area contributed by atoms with Crippen LogP contribution in [0.4, 0.5) is 0 Å². The van der Waals surface area contributed by atoms with E-state index in [1.54, 1.807) is 0 Å². The van der Waals surface area contributed by atoms with Crippen LogP contribution in [0.1, 0.15) is 12.8 Å². The molecule has 3 heteroatoms. The quantitative estimate of drug-likeness (QED) is 0.529. The van der Waals surface area contributed by atoms with Crippen LogP contribution in [-0.4, -0.2) is 22.9 Å². The Morgan fingerprint density at radius 3 is 3.36 bits per heavy atom. The highest BCUT2D eigenvalue weighted by Gasteiger charge is 2.51. The smallest absolute Gasteiger partial charge is 0.153 e. The minimum absolute atomic E-state index is 0.181. The van der Waals surface area contributed by atoms with E-state index in [0.29, 0.717) is 17.7 Å². The Labute approximate surface area is 65.0 Å². The van der Waals surface area contributed by atoms with Crippen LogP contribution in [-0.2, 0) is 4.79 Å². The highest BCUT2D eigenvalue weighted by molar-refractivity contribution is 5.88. The van der Waals surface area contributed by atoms with Crippen molar-refractivity contribution in [2.75, 3.05) is 0 Å². The van der Waals surface area contributed by atoms with E-state index in [2.05, 4.69) is 16.5 Å². The normalized spacial score (nSPS) is 51.5. The lowest BCUT2D eigenvalue weighted by Gasteiger charge is -2.25. The monoisotopic (exact) mass is 150 g/mol. The van der Waals surface area contributed by atoms with Crippen molar-refractivity contribution in [1.82, 2.24) is 10.4 Å². The van der Waals surface area contributed by atoms with Crippen LogP contribution < -0.4 is 5.43 Å². The van der Waals surface area contributed by atoms with Crippen molar-refractivity contribution in [2.24, 2.45) is 5.92 Å². The topological polar surface area (TPSA) is 32.3 Å². The second kappa shape index (κ2) is 1.67. The second-order valence-electron chi connectivity index (χ2n) is 3.55. The first-order valence-electron chi connectivity index (χ1n) is 4.10. The predicted molar refractivity (Wildman–Crippen MR) is 39.4 cm³/mol. The highest BCUT2D eigenvalue weighted by atomic mass is 16.1. The molecule has 2 fully saturated rings. The van der Waals surface area contributed by atoms with Gasteiger partial charge in [0.15, 0.2) is 5.78 Å². The fraction of sp³-hybridized carbons (Fsp3) is 0.625. The summed E-state index contributed by atoms with van der Waals surface area (Å²) in [6, 6.07) is 0.650. The van der Waals surface area contributed by atoms with Crippen molar-refractivity contribution in [2.45, 2.75) is 24.9 Å². The molecule has 0 aliphatic carbocycles. The first-order valence-corrected chi connectivity index (χ1v) is 4.10. The molecule has 3 aliphatic heterocycles. The lowest BCUT2D eigenvalue weighted by atomic mass is 9.88. The van der Waals surface area contributed by atoms with Crippen LogP contribution in [0.25, 0.3) is 0 Å². The van der Waals surface area contributed by atoms with Crippen LogP contribution in [0.5, 0.6) is 0 Å². The van der Waals surface area contributed by atoms with Crippen LogP contribution in [0.2, 0.25) is 0 Å². The third-order valence-electron chi connectivity index (χ3n) is 3.03.